The van der Waals surface area contributed by atoms with Crippen molar-refractivity contribution in [3.8, 4) is 5.75 Å². The van der Waals surface area contributed by atoms with Crippen LogP contribution in [-0.2, 0) is 20.9 Å². The Morgan fingerprint density at radius 2 is 1.97 bits per heavy atom. The van der Waals surface area contributed by atoms with E-state index < -0.39 is 5.92 Å². The first-order valence-electron chi connectivity index (χ1n) is 10.8. The number of hydrogen-bond donors (Lipinski definition) is 2. The summed E-state index contributed by atoms with van der Waals surface area (Å²) >= 11 is 5.98. The molecule has 4 rings (SSSR count). The monoisotopic (exact) mass is 481 g/mol. The van der Waals surface area contributed by atoms with Gasteiger partial charge in [-0.3, -0.25) is 14.4 Å². The average Bonchev–Trinajstić information content (AvgIpc) is 3.49. The molecule has 2 aromatic carbocycles. The van der Waals surface area contributed by atoms with Crippen molar-refractivity contribution in [2.45, 2.75) is 19.9 Å². The summed E-state index contributed by atoms with van der Waals surface area (Å²) in [5, 5.41) is 6.11. The van der Waals surface area contributed by atoms with E-state index >= 15 is 0 Å². The summed E-state index contributed by atoms with van der Waals surface area (Å²) in [6, 6.07) is 15.6. The van der Waals surface area contributed by atoms with Crippen LogP contribution in [0.2, 0.25) is 5.02 Å². The molecule has 8 nitrogen and oxygen atoms in total. The van der Waals surface area contributed by atoms with E-state index in [9.17, 15) is 14.4 Å². The Balaban J connectivity index is 1.28. The van der Waals surface area contributed by atoms with Crippen LogP contribution >= 0.6 is 11.6 Å². The highest BCUT2D eigenvalue weighted by Gasteiger charge is 2.35. The predicted molar refractivity (Wildman–Crippen MR) is 128 cm³/mol. The van der Waals surface area contributed by atoms with Crippen LogP contribution in [0.5, 0.6) is 5.75 Å². The highest BCUT2D eigenvalue weighted by Crippen LogP contribution is 2.27. The molecule has 0 bridgehead atoms. The fraction of sp³-hybridized carbons (Fsp3) is 0.240. The summed E-state index contributed by atoms with van der Waals surface area (Å²) in [5.41, 5.74) is 2.19. The van der Waals surface area contributed by atoms with Gasteiger partial charge in [0.2, 0.25) is 11.8 Å². The van der Waals surface area contributed by atoms with E-state index in [1.165, 1.54) is 0 Å². The molecule has 176 valence electrons. The topological polar surface area (TPSA) is 101 Å². The number of carbonyl (C=O) groups is 3. The Kier molecular flexibility index (Phi) is 7.18. The summed E-state index contributed by atoms with van der Waals surface area (Å²) in [6.07, 6.45) is 1.69. The minimum absolute atomic E-state index is 0.122. The van der Waals surface area contributed by atoms with Gasteiger partial charge in [0.25, 0.3) is 5.91 Å². The van der Waals surface area contributed by atoms with Crippen molar-refractivity contribution in [3.63, 3.8) is 0 Å². The molecule has 0 spiro atoms. The second kappa shape index (κ2) is 10.4. The number of halogens is 1. The maximum absolute atomic E-state index is 12.5. The molecule has 2 heterocycles. The third kappa shape index (κ3) is 5.77. The first-order valence-corrected chi connectivity index (χ1v) is 11.2. The molecule has 9 heteroatoms. The molecule has 0 saturated carbocycles. The molecule has 1 aliphatic heterocycles. The number of furan rings is 1. The fourth-order valence-electron chi connectivity index (χ4n) is 3.65. The molecular weight excluding hydrogens is 458 g/mol. The van der Waals surface area contributed by atoms with Crippen molar-refractivity contribution in [3.05, 3.63) is 77.2 Å². The minimum atomic E-state index is -0.433. The van der Waals surface area contributed by atoms with Crippen LogP contribution in [0.15, 0.2) is 65.3 Å². The molecule has 0 unspecified atom stereocenters. The number of nitrogens with one attached hydrogen (secondary N) is 2. The van der Waals surface area contributed by atoms with Crippen molar-refractivity contribution in [2.24, 2.45) is 5.92 Å². The van der Waals surface area contributed by atoms with Crippen LogP contribution in [0, 0.1) is 12.8 Å². The molecular formula is C25H24ClN3O5. The lowest BCUT2D eigenvalue weighted by Crippen LogP contribution is -2.32. The summed E-state index contributed by atoms with van der Waals surface area (Å²) in [4.78, 5) is 38.7. The largest absolute Gasteiger partial charge is 0.484 e. The number of amides is 3. The molecule has 1 aromatic heterocycles. The van der Waals surface area contributed by atoms with Gasteiger partial charge in [0.15, 0.2) is 6.61 Å². The third-order valence-corrected chi connectivity index (χ3v) is 5.74. The average molecular weight is 482 g/mol. The Labute approximate surface area is 201 Å². The minimum Gasteiger partial charge on any atom is -0.484 e. The van der Waals surface area contributed by atoms with Gasteiger partial charge >= 0.3 is 0 Å². The second-order valence-electron chi connectivity index (χ2n) is 7.99. The van der Waals surface area contributed by atoms with Crippen molar-refractivity contribution >= 4 is 40.7 Å². The number of ether oxygens (including phenoxy) is 1. The number of carbonyl (C=O) groups excluding carboxylic acids is 3. The van der Waals surface area contributed by atoms with Gasteiger partial charge in [0, 0.05) is 29.4 Å². The van der Waals surface area contributed by atoms with Gasteiger partial charge in [0.1, 0.15) is 11.5 Å². The van der Waals surface area contributed by atoms with Gasteiger partial charge in [-0.2, -0.15) is 0 Å². The zero-order valence-corrected chi connectivity index (χ0v) is 19.3. The highest BCUT2D eigenvalue weighted by atomic mass is 35.5. The number of aryl methyl sites for hydroxylation is 1. The van der Waals surface area contributed by atoms with Crippen molar-refractivity contribution in [1.29, 1.82) is 0 Å². The molecule has 1 fully saturated rings. The number of nitrogens with zero attached hydrogens (tertiary/aromatic N) is 1. The van der Waals surface area contributed by atoms with E-state index in [1.807, 2.05) is 13.0 Å². The molecule has 3 aromatic rings. The summed E-state index contributed by atoms with van der Waals surface area (Å²) < 4.78 is 10.8. The van der Waals surface area contributed by atoms with Gasteiger partial charge in [-0.1, -0.05) is 17.7 Å². The van der Waals surface area contributed by atoms with Gasteiger partial charge in [-0.05, 0) is 61.0 Å². The van der Waals surface area contributed by atoms with Crippen LogP contribution in [0.3, 0.4) is 0 Å². The molecule has 1 atom stereocenters. The predicted octanol–water partition coefficient (Wildman–Crippen LogP) is 3.93. The summed E-state index contributed by atoms with van der Waals surface area (Å²) in [5.74, 6) is 0.0865. The molecule has 3 amide bonds. The second-order valence-corrected chi connectivity index (χ2v) is 8.43. The molecule has 2 N–H and O–H groups in total. The lowest BCUT2D eigenvalue weighted by Gasteiger charge is -2.17. The van der Waals surface area contributed by atoms with Crippen molar-refractivity contribution in [2.75, 3.05) is 23.4 Å². The van der Waals surface area contributed by atoms with E-state index in [0.29, 0.717) is 34.5 Å². The third-order valence-electron chi connectivity index (χ3n) is 5.50. The standard InChI is InChI=1S/C25H24ClN3O5/c1-16-4-5-18(26)12-22(16)28-23(30)15-34-20-8-6-19(7-9-20)29-14-17(11-24(29)31)25(32)27-13-21-3-2-10-33-21/h2-10,12,17H,11,13-15H2,1H3,(H,27,32)(H,28,30)/t17-/m1/s1. The molecule has 1 aliphatic rings. The van der Waals surface area contributed by atoms with Crippen LogP contribution in [0.25, 0.3) is 0 Å². The van der Waals surface area contributed by atoms with Crippen LogP contribution < -0.4 is 20.3 Å². The number of hydrogen-bond acceptors (Lipinski definition) is 5. The van der Waals surface area contributed by atoms with Crippen molar-refractivity contribution in [1.82, 2.24) is 5.32 Å². The zero-order chi connectivity index (χ0) is 24.1. The number of benzene rings is 2. The first-order chi connectivity index (χ1) is 16.4. The quantitative estimate of drug-likeness (QED) is 0.507. The van der Waals surface area contributed by atoms with Gasteiger partial charge in [-0.15, -0.1) is 0 Å². The Morgan fingerprint density at radius 1 is 1.18 bits per heavy atom. The Hall–Kier alpha value is -3.78. The zero-order valence-electron chi connectivity index (χ0n) is 18.5. The molecule has 0 radical (unpaired) electrons. The molecule has 34 heavy (non-hydrogen) atoms. The number of rotatable bonds is 8. The lowest BCUT2D eigenvalue weighted by atomic mass is 10.1. The lowest BCUT2D eigenvalue weighted by molar-refractivity contribution is -0.126. The van der Waals surface area contributed by atoms with Crippen LogP contribution in [-0.4, -0.2) is 30.9 Å². The van der Waals surface area contributed by atoms with Crippen molar-refractivity contribution < 1.29 is 23.5 Å². The van der Waals surface area contributed by atoms with Gasteiger partial charge in [0.05, 0.1) is 18.7 Å². The highest BCUT2D eigenvalue weighted by molar-refractivity contribution is 6.31. The molecule has 0 aliphatic carbocycles. The van der Waals surface area contributed by atoms with Gasteiger partial charge < -0.3 is 24.7 Å². The van der Waals surface area contributed by atoms with E-state index in [4.69, 9.17) is 20.8 Å². The molecule has 1 saturated heterocycles. The Morgan fingerprint density at radius 3 is 2.71 bits per heavy atom. The maximum atomic E-state index is 12.5. The van der Waals surface area contributed by atoms with E-state index in [2.05, 4.69) is 10.6 Å². The van der Waals surface area contributed by atoms with E-state index in [0.717, 1.165) is 5.56 Å². The van der Waals surface area contributed by atoms with Crippen LogP contribution in [0.4, 0.5) is 11.4 Å². The number of anilines is 2. The summed E-state index contributed by atoms with van der Waals surface area (Å²) in [7, 11) is 0. The Bertz CT molecular complexity index is 1180. The maximum Gasteiger partial charge on any atom is 0.262 e. The smallest absolute Gasteiger partial charge is 0.262 e. The van der Waals surface area contributed by atoms with Crippen LogP contribution in [0.1, 0.15) is 17.7 Å². The summed E-state index contributed by atoms with van der Waals surface area (Å²) in [6.45, 7) is 2.28. The normalized spacial score (nSPS) is 15.3. The first kappa shape index (κ1) is 23.4. The van der Waals surface area contributed by atoms with E-state index in [-0.39, 0.29) is 37.3 Å². The fourth-order valence-corrected chi connectivity index (χ4v) is 3.82. The van der Waals surface area contributed by atoms with Gasteiger partial charge in [-0.25, -0.2) is 0 Å². The van der Waals surface area contributed by atoms with E-state index in [1.54, 1.807) is 59.7 Å². The SMILES string of the molecule is Cc1ccc(Cl)cc1NC(=O)COc1ccc(N2C[C@H](C(=O)NCc3ccco3)CC2=O)cc1.